The van der Waals surface area contributed by atoms with Gasteiger partial charge < -0.3 is 15.2 Å². The fraction of sp³-hybridized carbons (Fsp3) is 0.588. The number of carbonyl (C=O) groups is 1. The molecule has 0 saturated heterocycles. The van der Waals surface area contributed by atoms with Crippen LogP contribution in [-0.4, -0.2) is 24.2 Å². The minimum Gasteiger partial charge on any atom is -0.487 e. The van der Waals surface area contributed by atoms with Crippen LogP contribution in [0.5, 0.6) is 5.75 Å². The number of nitrogens with two attached hydrogens (primary N) is 1. The quantitative estimate of drug-likeness (QED) is 0.560. The summed E-state index contributed by atoms with van der Waals surface area (Å²) in [6, 6.07) is 8.96. The van der Waals surface area contributed by atoms with E-state index in [0.717, 1.165) is 31.4 Å². The molecule has 0 aliphatic heterocycles. The molecule has 4 nitrogen and oxygen atoms in total. The van der Waals surface area contributed by atoms with Gasteiger partial charge in [-0.25, -0.2) is 0 Å². The summed E-state index contributed by atoms with van der Waals surface area (Å²) in [4.78, 5) is 11.7. The summed E-state index contributed by atoms with van der Waals surface area (Å²) >= 11 is 0. The van der Waals surface area contributed by atoms with Crippen LogP contribution in [0.25, 0.3) is 0 Å². The van der Waals surface area contributed by atoms with Crippen molar-refractivity contribution >= 4 is 5.97 Å². The van der Waals surface area contributed by atoms with E-state index in [-0.39, 0.29) is 18.2 Å². The van der Waals surface area contributed by atoms with Crippen LogP contribution >= 0.6 is 0 Å². The topological polar surface area (TPSA) is 61.5 Å². The number of carbonyl (C=O) groups excluding carboxylic acids is 1. The lowest BCUT2D eigenvalue weighted by Crippen LogP contribution is -2.38. The van der Waals surface area contributed by atoms with Crippen LogP contribution in [0.15, 0.2) is 30.3 Å². The molecule has 0 saturated carbocycles. The molecule has 0 amide bonds. The molecule has 1 rings (SSSR count). The average molecular weight is 293 g/mol. The SMILES string of the molecule is CCCCC[C@@H](OC(=O)[C@H](C)N)[C@H](C)Oc1ccccc1. The first-order chi connectivity index (χ1) is 10.0. The maximum absolute atomic E-state index is 11.7. The number of esters is 1. The molecule has 0 aliphatic carbocycles. The summed E-state index contributed by atoms with van der Waals surface area (Å²) in [5, 5.41) is 0. The van der Waals surface area contributed by atoms with Crippen LogP contribution in [-0.2, 0) is 9.53 Å². The molecule has 0 aliphatic rings. The maximum Gasteiger partial charge on any atom is 0.323 e. The molecule has 1 aromatic rings. The molecule has 0 fully saturated rings. The Balaban J connectivity index is 2.62. The van der Waals surface area contributed by atoms with Crippen LogP contribution in [0.2, 0.25) is 0 Å². The van der Waals surface area contributed by atoms with Crippen molar-refractivity contribution in [1.29, 1.82) is 0 Å². The van der Waals surface area contributed by atoms with Crippen LogP contribution < -0.4 is 10.5 Å². The fourth-order valence-electron chi connectivity index (χ4n) is 2.03. The summed E-state index contributed by atoms with van der Waals surface area (Å²) in [5.41, 5.74) is 5.58. The molecule has 0 unspecified atom stereocenters. The molecule has 0 spiro atoms. The van der Waals surface area contributed by atoms with Gasteiger partial charge in [0.15, 0.2) is 0 Å². The maximum atomic E-state index is 11.7. The Morgan fingerprint density at radius 1 is 1.19 bits per heavy atom. The predicted octanol–water partition coefficient (Wildman–Crippen LogP) is 3.29. The summed E-state index contributed by atoms with van der Waals surface area (Å²) in [6.45, 7) is 5.71. The van der Waals surface area contributed by atoms with Gasteiger partial charge in [-0.05, 0) is 38.8 Å². The highest BCUT2D eigenvalue weighted by molar-refractivity contribution is 5.75. The normalized spacial score (nSPS) is 15.0. The number of rotatable bonds is 9. The average Bonchev–Trinajstić information content (AvgIpc) is 2.47. The molecule has 3 atom stereocenters. The smallest absolute Gasteiger partial charge is 0.323 e. The third kappa shape index (κ3) is 6.63. The monoisotopic (exact) mass is 293 g/mol. The first-order valence-electron chi connectivity index (χ1n) is 7.72. The van der Waals surface area contributed by atoms with Crippen molar-refractivity contribution in [1.82, 2.24) is 0 Å². The molecule has 118 valence electrons. The van der Waals surface area contributed by atoms with Crippen LogP contribution in [0, 0.1) is 0 Å². The lowest BCUT2D eigenvalue weighted by atomic mass is 10.1. The Morgan fingerprint density at radius 3 is 2.43 bits per heavy atom. The second kappa shape index (κ2) is 9.40. The minimum atomic E-state index is -0.609. The number of hydrogen-bond donors (Lipinski definition) is 1. The molecule has 0 bridgehead atoms. The van der Waals surface area contributed by atoms with E-state index in [2.05, 4.69) is 6.92 Å². The molecular weight excluding hydrogens is 266 g/mol. The molecular formula is C17H27NO3. The van der Waals surface area contributed by atoms with E-state index in [1.54, 1.807) is 6.92 Å². The van der Waals surface area contributed by atoms with Crippen molar-refractivity contribution in [2.45, 2.75) is 64.7 Å². The minimum absolute atomic E-state index is 0.202. The number of unbranched alkanes of at least 4 members (excludes halogenated alkanes) is 2. The van der Waals surface area contributed by atoms with Gasteiger partial charge in [-0.15, -0.1) is 0 Å². The second-order valence-corrected chi connectivity index (χ2v) is 5.40. The van der Waals surface area contributed by atoms with Crippen molar-refractivity contribution in [3.63, 3.8) is 0 Å². The highest BCUT2D eigenvalue weighted by atomic mass is 16.6. The van der Waals surface area contributed by atoms with Gasteiger partial charge >= 0.3 is 5.97 Å². The molecule has 2 N–H and O–H groups in total. The van der Waals surface area contributed by atoms with E-state index >= 15 is 0 Å². The van der Waals surface area contributed by atoms with Crippen molar-refractivity contribution < 1.29 is 14.3 Å². The molecule has 0 heterocycles. The van der Waals surface area contributed by atoms with Crippen LogP contribution in [0.3, 0.4) is 0 Å². The lowest BCUT2D eigenvalue weighted by Gasteiger charge is -2.25. The van der Waals surface area contributed by atoms with Gasteiger partial charge in [-0.3, -0.25) is 4.79 Å². The van der Waals surface area contributed by atoms with Crippen molar-refractivity contribution in [3.8, 4) is 5.75 Å². The molecule has 1 aromatic carbocycles. The zero-order valence-electron chi connectivity index (χ0n) is 13.2. The summed E-state index contributed by atoms with van der Waals surface area (Å²) in [7, 11) is 0. The molecule has 0 aromatic heterocycles. The third-order valence-electron chi connectivity index (χ3n) is 3.32. The van der Waals surface area contributed by atoms with E-state index in [0.29, 0.717) is 0 Å². The Bertz CT molecular complexity index is 406. The lowest BCUT2D eigenvalue weighted by molar-refractivity contribution is -0.155. The summed E-state index contributed by atoms with van der Waals surface area (Å²) < 4.78 is 11.4. The van der Waals surface area contributed by atoms with E-state index in [4.69, 9.17) is 15.2 Å². The zero-order valence-corrected chi connectivity index (χ0v) is 13.2. The van der Waals surface area contributed by atoms with Gasteiger partial charge in [0.1, 0.15) is 24.0 Å². The standard InChI is InChI=1S/C17H27NO3/c1-4-5-7-12-16(21-17(19)13(2)18)14(3)20-15-10-8-6-9-11-15/h6,8-11,13-14,16H,4-5,7,12,18H2,1-3H3/t13-,14-,16+/m0/s1. The summed E-state index contributed by atoms with van der Waals surface area (Å²) in [5.74, 6) is 0.405. The fourth-order valence-corrected chi connectivity index (χ4v) is 2.03. The van der Waals surface area contributed by atoms with E-state index in [1.807, 2.05) is 37.3 Å². The Labute approximate surface area is 127 Å². The van der Waals surface area contributed by atoms with Gasteiger partial charge in [0.2, 0.25) is 0 Å². The number of benzene rings is 1. The van der Waals surface area contributed by atoms with Crippen molar-refractivity contribution in [3.05, 3.63) is 30.3 Å². The van der Waals surface area contributed by atoms with Crippen molar-refractivity contribution in [2.24, 2.45) is 5.73 Å². The zero-order chi connectivity index (χ0) is 15.7. The predicted molar refractivity (Wildman–Crippen MR) is 84.2 cm³/mol. The first kappa shape index (κ1) is 17.5. The van der Waals surface area contributed by atoms with E-state index < -0.39 is 6.04 Å². The molecule has 4 heteroatoms. The Morgan fingerprint density at radius 2 is 1.86 bits per heavy atom. The van der Waals surface area contributed by atoms with E-state index in [9.17, 15) is 4.79 Å². The number of para-hydroxylation sites is 1. The Kier molecular flexibility index (Phi) is 7.83. The van der Waals surface area contributed by atoms with Crippen molar-refractivity contribution in [2.75, 3.05) is 0 Å². The highest BCUT2D eigenvalue weighted by Gasteiger charge is 2.24. The summed E-state index contributed by atoms with van der Waals surface area (Å²) in [6.07, 6.45) is 3.57. The molecule has 0 radical (unpaired) electrons. The number of hydrogen-bond acceptors (Lipinski definition) is 4. The molecule has 21 heavy (non-hydrogen) atoms. The van der Waals surface area contributed by atoms with Gasteiger partial charge in [0.25, 0.3) is 0 Å². The van der Waals surface area contributed by atoms with Gasteiger partial charge in [0, 0.05) is 0 Å². The third-order valence-corrected chi connectivity index (χ3v) is 3.32. The first-order valence-corrected chi connectivity index (χ1v) is 7.72. The Hall–Kier alpha value is -1.55. The van der Waals surface area contributed by atoms with Gasteiger partial charge in [0.05, 0.1) is 0 Å². The second-order valence-electron chi connectivity index (χ2n) is 5.40. The van der Waals surface area contributed by atoms with Gasteiger partial charge in [-0.1, -0.05) is 38.0 Å². The highest BCUT2D eigenvalue weighted by Crippen LogP contribution is 2.18. The van der Waals surface area contributed by atoms with E-state index in [1.165, 1.54) is 0 Å². The number of ether oxygens (including phenoxy) is 2. The van der Waals surface area contributed by atoms with Crippen LogP contribution in [0.4, 0.5) is 0 Å². The van der Waals surface area contributed by atoms with Crippen LogP contribution in [0.1, 0.15) is 46.5 Å². The van der Waals surface area contributed by atoms with Gasteiger partial charge in [-0.2, -0.15) is 0 Å². The largest absolute Gasteiger partial charge is 0.487 e.